The van der Waals surface area contributed by atoms with Gasteiger partial charge in [-0.05, 0) is 55.0 Å². The van der Waals surface area contributed by atoms with Crippen LogP contribution in [-0.4, -0.2) is 11.0 Å². The summed E-state index contributed by atoms with van der Waals surface area (Å²) in [4.78, 5) is 17.0. The second kappa shape index (κ2) is 7.63. The summed E-state index contributed by atoms with van der Waals surface area (Å²) in [7, 11) is 0. The maximum absolute atomic E-state index is 14.2. The van der Waals surface area contributed by atoms with Crippen LogP contribution in [0.15, 0.2) is 74.7 Å². The van der Waals surface area contributed by atoms with Gasteiger partial charge in [0.05, 0.1) is 12.8 Å². The van der Waals surface area contributed by atoms with Gasteiger partial charge in [-0.2, -0.15) is 0 Å². The van der Waals surface area contributed by atoms with Crippen LogP contribution in [0.4, 0.5) is 10.1 Å². The minimum Gasteiger partial charge on any atom is -0.508 e. The monoisotopic (exact) mass is 392 g/mol. The molecule has 2 N–H and O–H groups in total. The average molecular weight is 392 g/mol. The van der Waals surface area contributed by atoms with E-state index >= 15 is 0 Å². The van der Waals surface area contributed by atoms with Crippen LogP contribution < -0.4 is 10.9 Å². The van der Waals surface area contributed by atoms with Crippen molar-refractivity contribution in [1.29, 1.82) is 0 Å². The van der Waals surface area contributed by atoms with E-state index in [1.807, 2.05) is 6.92 Å². The van der Waals surface area contributed by atoms with Gasteiger partial charge >= 0.3 is 0 Å². The van der Waals surface area contributed by atoms with Crippen molar-refractivity contribution in [3.8, 4) is 5.75 Å². The Morgan fingerprint density at radius 2 is 2.03 bits per heavy atom. The topological polar surface area (TPSA) is 88.0 Å². The molecule has 2 aromatic heterocycles. The zero-order chi connectivity index (χ0) is 20.4. The maximum atomic E-state index is 14.2. The number of aromatic hydroxyl groups is 1. The maximum Gasteiger partial charge on any atom is 0.257 e. The van der Waals surface area contributed by atoms with E-state index in [0.29, 0.717) is 16.7 Å². The van der Waals surface area contributed by atoms with Crippen molar-refractivity contribution in [2.45, 2.75) is 13.5 Å². The largest absolute Gasteiger partial charge is 0.508 e. The number of hydrogen-bond donors (Lipinski definition) is 2. The average Bonchev–Trinajstić information content (AvgIpc) is 3.22. The van der Waals surface area contributed by atoms with E-state index in [0.717, 1.165) is 5.56 Å². The minimum absolute atomic E-state index is 0.00366. The Morgan fingerprint density at radius 1 is 1.17 bits per heavy atom. The van der Waals surface area contributed by atoms with Gasteiger partial charge in [0.1, 0.15) is 34.2 Å². The molecule has 0 spiro atoms. The molecule has 0 radical (unpaired) electrons. The van der Waals surface area contributed by atoms with Gasteiger partial charge in [0, 0.05) is 11.5 Å². The smallest absolute Gasteiger partial charge is 0.257 e. The standard InChI is InChI=1S/C22H17FN2O4/c1-13-4-7-18(23)19(9-13)25-22-17(21(27)24-12-16-3-2-8-28-16)10-14-5-6-15(26)11-20(14)29-22/h2-11,26H,12H2,1H3,(H,24,27). The summed E-state index contributed by atoms with van der Waals surface area (Å²) in [5.74, 6) is -0.399. The van der Waals surface area contributed by atoms with Gasteiger partial charge in [-0.1, -0.05) is 6.07 Å². The number of fused-ring (bicyclic) bond motifs is 1. The number of carbonyl (C=O) groups excluding carboxylic acids is 1. The molecule has 29 heavy (non-hydrogen) atoms. The van der Waals surface area contributed by atoms with Crippen LogP contribution in [-0.2, 0) is 6.54 Å². The molecular formula is C22H17FN2O4. The van der Waals surface area contributed by atoms with Crippen molar-refractivity contribution in [3.05, 3.63) is 89.1 Å². The van der Waals surface area contributed by atoms with E-state index in [2.05, 4.69) is 10.3 Å². The third kappa shape index (κ3) is 4.03. The van der Waals surface area contributed by atoms with Crippen molar-refractivity contribution in [2.24, 2.45) is 4.99 Å². The molecule has 0 aliphatic rings. The number of benzene rings is 2. The molecule has 0 unspecified atom stereocenters. The number of phenolic OH excluding ortho intramolecular Hbond substituents is 1. The molecule has 146 valence electrons. The molecular weight excluding hydrogens is 375 g/mol. The van der Waals surface area contributed by atoms with Gasteiger partial charge in [-0.25, -0.2) is 9.38 Å². The van der Waals surface area contributed by atoms with Gasteiger partial charge in [0.25, 0.3) is 5.91 Å². The number of hydrogen-bond acceptors (Lipinski definition) is 5. The SMILES string of the molecule is Cc1ccc(F)c(N=c2oc3cc(O)ccc3cc2C(=O)NCc2ccco2)c1. The lowest BCUT2D eigenvalue weighted by Crippen LogP contribution is -2.28. The first-order chi connectivity index (χ1) is 14.0. The number of phenols is 1. The number of nitrogens with zero attached hydrogens (tertiary/aromatic N) is 1. The highest BCUT2D eigenvalue weighted by Gasteiger charge is 2.14. The Kier molecular flexibility index (Phi) is 4.87. The Balaban J connectivity index is 1.83. The fourth-order valence-corrected chi connectivity index (χ4v) is 2.85. The van der Waals surface area contributed by atoms with Crippen molar-refractivity contribution in [2.75, 3.05) is 0 Å². The van der Waals surface area contributed by atoms with E-state index in [9.17, 15) is 14.3 Å². The lowest BCUT2D eigenvalue weighted by Gasteiger charge is -2.07. The van der Waals surface area contributed by atoms with Gasteiger partial charge in [-0.15, -0.1) is 0 Å². The van der Waals surface area contributed by atoms with Crippen LogP contribution in [0.2, 0.25) is 0 Å². The van der Waals surface area contributed by atoms with Gasteiger partial charge < -0.3 is 19.3 Å². The van der Waals surface area contributed by atoms with Crippen molar-refractivity contribution in [3.63, 3.8) is 0 Å². The lowest BCUT2D eigenvalue weighted by atomic mass is 10.1. The molecule has 0 fully saturated rings. The first-order valence-corrected chi connectivity index (χ1v) is 8.88. The number of carbonyl (C=O) groups is 1. The van der Waals surface area contributed by atoms with Crippen LogP contribution in [0.3, 0.4) is 0 Å². The Bertz CT molecular complexity index is 1260. The second-order valence-electron chi connectivity index (χ2n) is 6.52. The summed E-state index contributed by atoms with van der Waals surface area (Å²) in [6.07, 6.45) is 1.51. The Labute approximate surface area is 164 Å². The Morgan fingerprint density at radius 3 is 2.83 bits per heavy atom. The second-order valence-corrected chi connectivity index (χ2v) is 6.52. The third-order valence-corrected chi connectivity index (χ3v) is 4.31. The molecule has 4 rings (SSSR count). The van der Waals surface area contributed by atoms with Crippen molar-refractivity contribution < 1.29 is 23.1 Å². The molecule has 0 aliphatic heterocycles. The molecule has 2 heterocycles. The highest BCUT2D eigenvalue weighted by atomic mass is 19.1. The minimum atomic E-state index is -0.538. The molecule has 2 aromatic carbocycles. The molecule has 4 aromatic rings. The van der Waals surface area contributed by atoms with Gasteiger partial charge in [0.2, 0.25) is 5.55 Å². The number of halogens is 1. The van der Waals surface area contributed by atoms with Crippen LogP contribution in [0.25, 0.3) is 11.0 Å². The predicted molar refractivity (Wildman–Crippen MR) is 104 cm³/mol. The van der Waals surface area contributed by atoms with Crippen LogP contribution in [0, 0.1) is 12.7 Å². The number of nitrogens with one attached hydrogen (secondary N) is 1. The van der Waals surface area contributed by atoms with E-state index in [1.54, 1.807) is 36.4 Å². The number of rotatable bonds is 4. The number of furan rings is 1. The van der Waals surface area contributed by atoms with E-state index in [4.69, 9.17) is 8.83 Å². The first-order valence-electron chi connectivity index (χ1n) is 8.88. The van der Waals surface area contributed by atoms with E-state index < -0.39 is 11.7 Å². The molecule has 6 nitrogen and oxygen atoms in total. The lowest BCUT2D eigenvalue weighted by molar-refractivity contribution is 0.0944. The Hall–Kier alpha value is -3.87. The summed E-state index contributed by atoms with van der Waals surface area (Å²) in [5.41, 5.74) is 1.25. The highest BCUT2D eigenvalue weighted by molar-refractivity contribution is 5.96. The summed E-state index contributed by atoms with van der Waals surface area (Å²) >= 11 is 0. The summed E-state index contributed by atoms with van der Waals surface area (Å²) in [6, 6.07) is 14.0. The van der Waals surface area contributed by atoms with Gasteiger partial charge in [0.15, 0.2) is 0 Å². The fourth-order valence-electron chi connectivity index (χ4n) is 2.85. The first kappa shape index (κ1) is 18.5. The van der Waals surface area contributed by atoms with Crippen LogP contribution in [0.5, 0.6) is 5.75 Å². The summed E-state index contributed by atoms with van der Waals surface area (Å²) in [5, 5.41) is 13.0. The van der Waals surface area contributed by atoms with Gasteiger partial charge in [-0.3, -0.25) is 4.79 Å². The summed E-state index contributed by atoms with van der Waals surface area (Å²) < 4.78 is 25.2. The molecule has 0 atom stereocenters. The van der Waals surface area contributed by atoms with Crippen LogP contribution in [0.1, 0.15) is 21.7 Å². The summed E-state index contributed by atoms with van der Waals surface area (Å²) in [6.45, 7) is 1.99. The molecule has 0 bridgehead atoms. The normalized spacial score (nSPS) is 11.7. The number of amides is 1. The number of aryl methyl sites for hydroxylation is 1. The zero-order valence-corrected chi connectivity index (χ0v) is 15.5. The molecule has 7 heteroatoms. The third-order valence-electron chi connectivity index (χ3n) is 4.31. The molecule has 1 amide bonds. The van der Waals surface area contributed by atoms with Crippen molar-refractivity contribution >= 4 is 22.6 Å². The molecule has 0 saturated carbocycles. The van der Waals surface area contributed by atoms with Crippen LogP contribution >= 0.6 is 0 Å². The molecule has 0 aliphatic carbocycles. The van der Waals surface area contributed by atoms with E-state index in [1.165, 1.54) is 24.5 Å². The predicted octanol–water partition coefficient (Wildman–Crippen LogP) is 4.34. The zero-order valence-electron chi connectivity index (χ0n) is 15.5. The quantitative estimate of drug-likeness (QED) is 0.541. The van der Waals surface area contributed by atoms with E-state index in [-0.39, 0.29) is 29.1 Å². The molecule has 0 saturated heterocycles. The fraction of sp³-hybridized carbons (Fsp3) is 0.0909. The highest BCUT2D eigenvalue weighted by Crippen LogP contribution is 2.22. The van der Waals surface area contributed by atoms with Crippen molar-refractivity contribution in [1.82, 2.24) is 5.32 Å².